The van der Waals surface area contributed by atoms with Crippen molar-refractivity contribution >= 4 is 17.6 Å². The third-order valence-corrected chi connectivity index (χ3v) is 2.90. The lowest BCUT2D eigenvalue weighted by Gasteiger charge is -2.22. The molecule has 0 spiro atoms. The minimum absolute atomic E-state index is 0.107. The van der Waals surface area contributed by atoms with E-state index in [9.17, 15) is 4.79 Å². The number of para-hydroxylation sites is 1. The number of rotatable bonds is 5. The molecule has 96 valence electrons. The van der Waals surface area contributed by atoms with Crippen LogP contribution in [0.5, 0.6) is 0 Å². The molecule has 18 heavy (non-hydrogen) atoms. The molecule has 0 atom stereocenters. The normalized spacial score (nSPS) is 14.0. The van der Waals surface area contributed by atoms with E-state index in [1.165, 1.54) is 0 Å². The number of hydrogen-bond acceptors (Lipinski definition) is 2. The summed E-state index contributed by atoms with van der Waals surface area (Å²) in [6.45, 7) is 0.513. The predicted octanol–water partition coefficient (Wildman–Crippen LogP) is 2.01. The van der Waals surface area contributed by atoms with Gasteiger partial charge in [-0.25, -0.2) is 4.79 Å². The van der Waals surface area contributed by atoms with E-state index in [0.717, 1.165) is 18.5 Å². The third kappa shape index (κ3) is 3.48. The van der Waals surface area contributed by atoms with Crippen LogP contribution in [-0.4, -0.2) is 29.4 Å². The van der Waals surface area contributed by atoms with Gasteiger partial charge in [-0.05, 0) is 25.0 Å². The fraction of sp³-hybridized carbons (Fsp3) is 0.385. The number of carbonyl (C=O) groups excluding carboxylic acids is 1. The first-order valence-electron chi connectivity index (χ1n) is 6.12. The number of hydrogen-bond donors (Lipinski definition) is 3. The maximum Gasteiger partial charge on any atom is 0.322 e. The minimum atomic E-state index is -0.107. The van der Waals surface area contributed by atoms with Gasteiger partial charge in [0, 0.05) is 24.7 Å². The highest BCUT2D eigenvalue weighted by molar-refractivity contribution is 5.90. The van der Waals surface area contributed by atoms with Crippen molar-refractivity contribution in [3.05, 3.63) is 30.3 Å². The van der Waals surface area contributed by atoms with Gasteiger partial charge < -0.3 is 16.0 Å². The number of benzene rings is 1. The summed E-state index contributed by atoms with van der Waals surface area (Å²) >= 11 is 0. The largest absolute Gasteiger partial charge is 0.388 e. The lowest BCUT2D eigenvalue weighted by atomic mass is 10.3. The Kier molecular flexibility index (Phi) is 3.82. The minimum Gasteiger partial charge on any atom is -0.388 e. The van der Waals surface area contributed by atoms with Gasteiger partial charge in [0.2, 0.25) is 0 Å². The number of nitrogens with zero attached hydrogens (tertiary/aromatic N) is 1. The second kappa shape index (κ2) is 5.53. The van der Waals surface area contributed by atoms with Gasteiger partial charge in [-0.3, -0.25) is 5.41 Å². The summed E-state index contributed by atoms with van der Waals surface area (Å²) in [5, 5.41) is 10.1. The zero-order valence-corrected chi connectivity index (χ0v) is 10.2. The van der Waals surface area contributed by atoms with Gasteiger partial charge in [0.15, 0.2) is 0 Å². The predicted molar refractivity (Wildman–Crippen MR) is 71.7 cm³/mol. The van der Waals surface area contributed by atoms with E-state index in [2.05, 4.69) is 5.32 Å². The number of carbonyl (C=O) groups is 1. The Labute approximate surface area is 106 Å². The highest BCUT2D eigenvalue weighted by atomic mass is 16.2. The lowest BCUT2D eigenvalue weighted by molar-refractivity contribution is 0.210. The van der Waals surface area contributed by atoms with Gasteiger partial charge >= 0.3 is 6.03 Å². The van der Waals surface area contributed by atoms with Gasteiger partial charge in [0.25, 0.3) is 0 Å². The monoisotopic (exact) mass is 246 g/mol. The molecule has 5 nitrogen and oxygen atoms in total. The summed E-state index contributed by atoms with van der Waals surface area (Å²) < 4.78 is 0. The number of anilines is 1. The molecule has 4 N–H and O–H groups in total. The van der Waals surface area contributed by atoms with Crippen LogP contribution < -0.4 is 11.1 Å². The molecule has 1 aromatic rings. The smallest absolute Gasteiger partial charge is 0.322 e. The molecule has 0 aliphatic heterocycles. The van der Waals surface area contributed by atoms with E-state index >= 15 is 0 Å². The SMILES string of the molecule is N=C(N)CCN(C(=O)Nc1ccccc1)C1CC1. The van der Waals surface area contributed by atoms with Crippen molar-refractivity contribution in [2.75, 3.05) is 11.9 Å². The Morgan fingerprint density at radius 1 is 1.39 bits per heavy atom. The highest BCUT2D eigenvalue weighted by Crippen LogP contribution is 2.27. The van der Waals surface area contributed by atoms with E-state index in [4.69, 9.17) is 11.1 Å². The van der Waals surface area contributed by atoms with Crippen molar-refractivity contribution in [3.8, 4) is 0 Å². The second-order valence-electron chi connectivity index (χ2n) is 4.50. The quantitative estimate of drug-likeness (QED) is 0.548. The molecule has 0 unspecified atom stereocenters. The van der Waals surface area contributed by atoms with Gasteiger partial charge in [-0.15, -0.1) is 0 Å². The van der Waals surface area contributed by atoms with Crippen LogP contribution in [0, 0.1) is 5.41 Å². The Hall–Kier alpha value is -2.04. The number of nitrogens with two attached hydrogens (primary N) is 1. The summed E-state index contributed by atoms with van der Waals surface area (Å²) in [5.41, 5.74) is 6.13. The summed E-state index contributed by atoms with van der Waals surface area (Å²) in [7, 11) is 0. The number of amidine groups is 1. The Bertz CT molecular complexity index is 428. The van der Waals surface area contributed by atoms with Crippen LogP contribution in [-0.2, 0) is 0 Å². The van der Waals surface area contributed by atoms with Gasteiger partial charge in [0.1, 0.15) is 0 Å². The van der Waals surface area contributed by atoms with E-state index in [0.29, 0.717) is 19.0 Å². The van der Waals surface area contributed by atoms with Gasteiger partial charge in [-0.1, -0.05) is 18.2 Å². The molecule has 2 amide bonds. The van der Waals surface area contributed by atoms with Crippen LogP contribution in [0.2, 0.25) is 0 Å². The van der Waals surface area contributed by atoms with Crippen LogP contribution in [0.25, 0.3) is 0 Å². The maximum absolute atomic E-state index is 12.1. The average Bonchev–Trinajstić information content (AvgIpc) is 3.14. The molecule has 2 rings (SSSR count). The zero-order chi connectivity index (χ0) is 13.0. The molecule has 1 fully saturated rings. The molecule has 0 radical (unpaired) electrons. The van der Waals surface area contributed by atoms with Crippen LogP contribution in [0.1, 0.15) is 19.3 Å². The van der Waals surface area contributed by atoms with Crippen LogP contribution in [0.4, 0.5) is 10.5 Å². The first-order valence-corrected chi connectivity index (χ1v) is 6.12. The molecule has 0 heterocycles. The molecule has 1 aliphatic rings. The molecular weight excluding hydrogens is 228 g/mol. The highest BCUT2D eigenvalue weighted by Gasteiger charge is 2.32. The Morgan fingerprint density at radius 3 is 2.61 bits per heavy atom. The van der Waals surface area contributed by atoms with Crippen molar-refractivity contribution in [2.45, 2.75) is 25.3 Å². The lowest BCUT2D eigenvalue weighted by Crippen LogP contribution is -2.38. The van der Waals surface area contributed by atoms with Crippen molar-refractivity contribution in [1.82, 2.24) is 4.90 Å². The van der Waals surface area contributed by atoms with E-state index < -0.39 is 0 Å². The molecular formula is C13H18N4O. The summed E-state index contributed by atoms with van der Waals surface area (Å²) in [5.74, 6) is 0.119. The van der Waals surface area contributed by atoms with Crippen molar-refractivity contribution in [2.24, 2.45) is 5.73 Å². The van der Waals surface area contributed by atoms with Crippen molar-refractivity contribution in [1.29, 1.82) is 5.41 Å². The van der Waals surface area contributed by atoms with E-state index in [1.54, 1.807) is 4.90 Å². The second-order valence-corrected chi connectivity index (χ2v) is 4.50. The zero-order valence-electron chi connectivity index (χ0n) is 10.2. The van der Waals surface area contributed by atoms with Crippen LogP contribution >= 0.6 is 0 Å². The number of nitrogens with one attached hydrogen (secondary N) is 2. The van der Waals surface area contributed by atoms with E-state index in [1.807, 2.05) is 30.3 Å². The molecule has 1 aliphatic carbocycles. The van der Waals surface area contributed by atoms with Gasteiger partial charge in [-0.2, -0.15) is 0 Å². The first kappa shape index (κ1) is 12.4. The third-order valence-electron chi connectivity index (χ3n) is 2.90. The van der Waals surface area contributed by atoms with Gasteiger partial charge in [0.05, 0.1) is 5.84 Å². The molecule has 0 bridgehead atoms. The Morgan fingerprint density at radius 2 is 2.06 bits per heavy atom. The number of urea groups is 1. The number of amides is 2. The molecule has 1 aromatic carbocycles. The summed E-state index contributed by atoms with van der Waals surface area (Å²) in [6.07, 6.45) is 2.51. The van der Waals surface area contributed by atoms with Crippen molar-refractivity contribution < 1.29 is 4.79 Å². The topological polar surface area (TPSA) is 82.2 Å². The molecule has 5 heteroatoms. The summed E-state index contributed by atoms with van der Waals surface area (Å²) in [6, 6.07) is 9.59. The van der Waals surface area contributed by atoms with E-state index in [-0.39, 0.29) is 11.9 Å². The molecule has 0 saturated heterocycles. The Balaban J connectivity index is 1.93. The molecule has 1 saturated carbocycles. The summed E-state index contributed by atoms with van der Waals surface area (Å²) in [4.78, 5) is 13.9. The maximum atomic E-state index is 12.1. The van der Waals surface area contributed by atoms with Crippen LogP contribution in [0.3, 0.4) is 0 Å². The van der Waals surface area contributed by atoms with Crippen molar-refractivity contribution in [3.63, 3.8) is 0 Å². The molecule has 0 aromatic heterocycles. The first-order chi connectivity index (χ1) is 8.66. The average molecular weight is 246 g/mol. The fourth-order valence-corrected chi connectivity index (χ4v) is 1.79. The van der Waals surface area contributed by atoms with Crippen LogP contribution in [0.15, 0.2) is 30.3 Å². The fourth-order valence-electron chi connectivity index (χ4n) is 1.79. The standard InChI is InChI=1S/C13H18N4O/c14-12(15)8-9-17(11-6-7-11)13(18)16-10-4-2-1-3-5-10/h1-5,11H,6-9H2,(H3,14,15)(H,16,18).